The summed E-state index contributed by atoms with van der Waals surface area (Å²) in [6.07, 6.45) is 0.509. The molecule has 2 aromatic rings. The van der Waals surface area contributed by atoms with E-state index in [0.29, 0.717) is 18.1 Å². The van der Waals surface area contributed by atoms with Crippen LogP contribution in [0, 0.1) is 5.41 Å². The van der Waals surface area contributed by atoms with E-state index in [4.69, 9.17) is 19.3 Å². The summed E-state index contributed by atoms with van der Waals surface area (Å²) in [6.45, 7) is 38.6. The van der Waals surface area contributed by atoms with Crippen molar-refractivity contribution in [3.05, 3.63) is 46.5 Å². The zero-order valence-corrected chi connectivity index (χ0v) is 39.6. The molecule has 0 bridgehead atoms. The Bertz CT molecular complexity index is 1270. The van der Waals surface area contributed by atoms with E-state index in [-0.39, 0.29) is 82.7 Å². The number of ether oxygens (including phenoxy) is 3. The molecule has 1 aliphatic rings. The first-order chi connectivity index (χ1) is 22.4. The Balaban J connectivity index is 0.000000680. The third kappa shape index (κ3) is 14.7. The molecule has 0 spiro atoms. The van der Waals surface area contributed by atoms with Gasteiger partial charge in [0.25, 0.3) is 6.48 Å². The number of thioether (sulfide) groups is 2. The smallest absolute Gasteiger partial charge is 0.272 e. The number of rotatable bonds is 8. The number of phenols is 2. The van der Waals surface area contributed by atoms with E-state index in [0.717, 1.165) is 28.7 Å². The van der Waals surface area contributed by atoms with Crippen LogP contribution in [0.1, 0.15) is 153 Å². The van der Waals surface area contributed by atoms with Gasteiger partial charge in [-0.2, -0.15) is 0 Å². The van der Waals surface area contributed by atoms with Crippen molar-refractivity contribution in [2.75, 3.05) is 13.2 Å². The van der Waals surface area contributed by atoms with Crippen LogP contribution in [0.15, 0.2) is 34.1 Å². The summed E-state index contributed by atoms with van der Waals surface area (Å²) in [4.78, 5) is 2.34. The van der Waals surface area contributed by atoms with Crippen LogP contribution in [0.3, 0.4) is 0 Å². The van der Waals surface area contributed by atoms with Gasteiger partial charge in [-0.25, -0.2) is 0 Å². The average Bonchev–Trinajstić information content (AvgIpc) is 3.27. The molecule has 3 N–H and O–H groups in total. The van der Waals surface area contributed by atoms with E-state index in [2.05, 4.69) is 142 Å². The fourth-order valence-electron chi connectivity index (χ4n) is 5.86. The molecule has 51 heavy (non-hydrogen) atoms. The average molecular weight is 824 g/mol. The first kappa shape index (κ1) is 48.7. The van der Waals surface area contributed by atoms with Gasteiger partial charge in [-0.05, 0) is 78.5 Å². The molecule has 3 atom stereocenters. The van der Waals surface area contributed by atoms with Crippen LogP contribution in [0.2, 0.25) is 0 Å². The Labute approximate surface area is 345 Å². The largest absolute Gasteiger partial charge is 0.507 e. The molecule has 0 saturated carbocycles. The molecule has 1 unspecified atom stereocenters. The molecule has 1 fully saturated rings. The number of phenolic OH excluding ortho intramolecular Hbond substituents is 2. The van der Waals surface area contributed by atoms with Crippen molar-refractivity contribution >= 4 is 23.5 Å². The Morgan fingerprint density at radius 1 is 0.588 bits per heavy atom. The van der Waals surface area contributed by atoms with Crippen LogP contribution in [-0.2, 0) is 68.6 Å². The summed E-state index contributed by atoms with van der Waals surface area (Å²) in [5.41, 5.74) is 3.49. The molecular formula is C42H70O6S2Y. The molecule has 9 heteroatoms. The van der Waals surface area contributed by atoms with E-state index in [9.17, 15) is 10.2 Å². The second kappa shape index (κ2) is 18.1. The zero-order chi connectivity index (χ0) is 38.8. The number of hydrogen-bond donors (Lipinski definition) is 3. The zero-order valence-electron chi connectivity index (χ0n) is 35.1. The predicted molar refractivity (Wildman–Crippen MR) is 213 cm³/mol. The molecule has 1 aliphatic heterocycles. The van der Waals surface area contributed by atoms with E-state index < -0.39 is 6.48 Å². The molecular weight excluding hydrogens is 753 g/mol. The van der Waals surface area contributed by atoms with Crippen molar-refractivity contribution in [3.8, 4) is 11.5 Å². The van der Waals surface area contributed by atoms with Crippen molar-refractivity contribution in [2.45, 2.75) is 185 Å². The maximum absolute atomic E-state index is 11.1. The molecule has 289 valence electrons. The van der Waals surface area contributed by atoms with Crippen LogP contribution < -0.4 is 0 Å². The van der Waals surface area contributed by atoms with E-state index >= 15 is 0 Å². The molecule has 3 rings (SSSR count). The molecule has 0 aromatic heterocycles. The van der Waals surface area contributed by atoms with Gasteiger partial charge in [0, 0.05) is 71.4 Å². The van der Waals surface area contributed by atoms with Gasteiger partial charge in [-0.3, -0.25) is 0 Å². The van der Waals surface area contributed by atoms with Gasteiger partial charge in [0.1, 0.15) is 17.6 Å². The van der Waals surface area contributed by atoms with Gasteiger partial charge in [0.2, 0.25) is 0 Å². The van der Waals surface area contributed by atoms with Gasteiger partial charge < -0.3 is 29.5 Å². The maximum atomic E-state index is 11.1. The van der Waals surface area contributed by atoms with E-state index in [1.165, 1.54) is 9.79 Å². The van der Waals surface area contributed by atoms with Crippen LogP contribution >= 0.6 is 23.5 Å². The van der Waals surface area contributed by atoms with E-state index in [1.807, 2.05) is 30.4 Å². The van der Waals surface area contributed by atoms with Crippen LogP contribution in [-0.4, -0.2) is 51.3 Å². The molecule has 1 saturated heterocycles. The number of benzene rings is 2. The fraction of sp³-hybridized carbons (Fsp3) is 0.714. The number of aliphatic hydroxyl groups excluding tert-OH is 1. The van der Waals surface area contributed by atoms with E-state index in [1.54, 1.807) is 0 Å². The minimum absolute atomic E-state index is 0. The second-order valence-electron chi connectivity index (χ2n) is 19.4. The van der Waals surface area contributed by atoms with Crippen molar-refractivity contribution in [2.24, 2.45) is 5.41 Å². The molecule has 1 heterocycles. The summed E-state index contributed by atoms with van der Waals surface area (Å²) in [6, 6.07) is 8.65. The summed E-state index contributed by atoms with van der Waals surface area (Å²) < 4.78 is 16.1. The van der Waals surface area contributed by atoms with Gasteiger partial charge in [-0.15, -0.1) is 23.5 Å². The molecule has 2 aromatic carbocycles. The number of hydrogen-bond acceptors (Lipinski definition) is 8. The van der Waals surface area contributed by atoms with Crippen LogP contribution in [0.25, 0.3) is 0 Å². The molecule has 1 radical (unpaired) electrons. The summed E-state index contributed by atoms with van der Waals surface area (Å²) in [5, 5.41) is 31.4. The maximum Gasteiger partial charge on any atom is 0.272 e. The van der Waals surface area contributed by atoms with Gasteiger partial charge in [-0.1, -0.05) is 104 Å². The third-order valence-corrected chi connectivity index (χ3v) is 10.8. The fourth-order valence-corrected chi connectivity index (χ4v) is 8.45. The summed E-state index contributed by atoms with van der Waals surface area (Å²) in [5.74, 6) is 0.839. The summed E-state index contributed by atoms with van der Waals surface area (Å²) >= 11 is 3.66. The molecule has 6 nitrogen and oxygen atoms in total. The van der Waals surface area contributed by atoms with Crippen LogP contribution in [0.4, 0.5) is 0 Å². The molecule has 0 aliphatic carbocycles. The first-order valence-electron chi connectivity index (χ1n) is 18.1. The number of aromatic hydroxyl groups is 2. The Morgan fingerprint density at radius 2 is 0.902 bits per heavy atom. The minimum atomic E-state index is -0.612. The topological polar surface area (TPSA) is 88.4 Å². The SMILES string of the molecule is CC(C)(Sc1cc(C(C)(C)C)c(O)c(C(C)(C)C)c1)Sc1cc(C(C)(C)C)c(O)c(C(C)(C)C)c1.CCOC1O[C@H](CO)[C@@H](CC(C)(C)C)O1.[Y]. The summed E-state index contributed by atoms with van der Waals surface area (Å²) in [7, 11) is 0. The van der Waals surface area contributed by atoms with Crippen molar-refractivity contribution in [1.29, 1.82) is 0 Å². The molecule has 0 amide bonds. The quantitative estimate of drug-likeness (QED) is 0.179. The second-order valence-corrected chi connectivity index (χ2v) is 23.0. The third-order valence-electron chi connectivity index (χ3n) is 8.41. The van der Waals surface area contributed by atoms with Gasteiger partial charge in [0.05, 0.1) is 16.8 Å². The minimum Gasteiger partial charge on any atom is -0.507 e. The predicted octanol–water partition coefficient (Wildman–Crippen LogP) is 11.4. The Kier molecular flexibility index (Phi) is 17.3. The monoisotopic (exact) mass is 823 g/mol. The van der Waals surface area contributed by atoms with Crippen molar-refractivity contribution < 1.29 is 62.2 Å². The Hall–Kier alpha value is -0.316. The first-order valence-corrected chi connectivity index (χ1v) is 19.7. The van der Waals surface area contributed by atoms with Crippen molar-refractivity contribution in [3.63, 3.8) is 0 Å². The number of aliphatic hydroxyl groups is 1. The van der Waals surface area contributed by atoms with Crippen LogP contribution in [0.5, 0.6) is 11.5 Å². The standard InChI is InChI=1S/C31H48O2S2.C11H22O4.Y/c1-27(2,3)21-15-19(16-22(25(21)32)28(4,5)6)34-31(13,14)35-20-17-23(29(7,8)9)26(33)24(18-20)30(10,11)12;1-5-13-10-14-8(6-11(2,3)4)9(7-12)15-10;/h15-18,32-33H,1-14H3;8-10,12H,5-7H2,1-4H3;/t;8-,9-,10?;/m.1./s1. The van der Waals surface area contributed by atoms with Gasteiger partial charge >= 0.3 is 0 Å². The van der Waals surface area contributed by atoms with Crippen molar-refractivity contribution in [1.82, 2.24) is 0 Å². The normalized spacial score (nSPS) is 19.0. The van der Waals surface area contributed by atoms with Gasteiger partial charge in [0.15, 0.2) is 0 Å². The Morgan fingerprint density at radius 3 is 1.16 bits per heavy atom.